The van der Waals surface area contributed by atoms with Gasteiger partial charge in [0.2, 0.25) is 5.91 Å². The number of piperidine rings is 1. The number of nitrogens with one attached hydrogen (secondary N) is 2. The maximum absolute atomic E-state index is 13.3. The molecule has 3 heterocycles. The molecule has 2 aromatic rings. The highest BCUT2D eigenvalue weighted by Crippen LogP contribution is 2.31. The third-order valence-corrected chi connectivity index (χ3v) is 7.99. The van der Waals surface area contributed by atoms with E-state index in [0.717, 1.165) is 94.6 Å². The summed E-state index contributed by atoms with van der Waals surface area (Å²) < 4.78 is 0. The first-order valence-corrected chi connectivity index (χ1v) is 13.6. The Bertz CT molecular complexity index is 1100. The van der Waals surface area contributed by atoms with Crippen molar-refractivity contribution >= 4 is 17.7 Å². The molecule has 2 aliphatic heterocycles. The minimum atomic E-state index is -0.882. The van der Waals surface area contributed by atoms with Gasteiger partial charge in [-0.05, 0) is 99.2 Å². The molecule has 0 radical (unpaired) electrons. The second-order valence-electron chi connectivity index (χ2n) is 10.6. The highest BCUT2D eigenvalue weighted by atomic mass is 16.4. The van der Waals surface area contributed by atoms with Gasteiger partial charge in [-0.2, -0.15) is 0 Å². The zero-order valence-electron chi connectivity index (χ0n) is 21.1. The number of likely N-dealkylation sites (tertiary alicyclic amines) is 1. The zero-order chi connectivity index (χ0) is 24.9. The number of fused-ring (bicyclic) bond motifs is 2. The van der Waals surface area contributed by atoms with E-state index in [1.807, 2.05) is 12.1 Å². The van der Waals surface area contributed by atoms with Gasteiger partial charge < -0.3 is 20.6 Å². The molecular weight excluding hydrogens is 452 g/mol. The number of anilines is 1. The summed E-state index contributed by atoms with van der Waals surface area (Å²) in [5.41, 5.74) is 5.96. The maximum atomic E-state index is 13.3. The number of aliphatic carboxylic acids is 1. The van der Waals surface area contributed by atoms with Gasteiger partial charge in [-0.3, -0.25) is 9.59 Å². The van der Waals surface area contributed by atoms with E-state index in [9.17, 15) is 14.7 Å². The van der Waals surface area contributed by atoms with Crippen LogP contribution in [-0.2, 0) is 35.3 Å². The minimum Gasteiger partial charge on any atom is -0.481 e. The summed E-state index contributed by atoms with van der Waals surface area (Å²) in [5, 5.41) is 16.1. The van der Waals surface area contributed by atoms with Crippen LogP contribution in [0.4, 0.5) is 5.82 Å². The first-order valence-electron chi connectivity index (χ1n) is 13.6. The zero-order valence-corrected chi connectivity index (χ0v) is 21.1. The average molecular weight is 491 g/mol. The predicted octanol–water partition coefficient (Wildman–Crippen LogP) is 3.91. The molecule has 3 aliphatic rings. The van der Waals surface area contributed by atoms with Crippen LogP contribution in [0.2, 0.25) is 0 Å². The predicted molar refractivity (Wildman–Crippen MR) is 140 cm³/mol. The van der Waals surface area contributed by atoms with Crippen LogP contribution in [0.15, 0.2) is 30.3 Å². The van der Waals surface area contributed by atoms with Crippen molar-refractivity contribution in [1.29, 1.82) is 0 Å². The fraction of sp³-hybridized carbons (Fsp3) is 0.552. The summed E-state index contributed by atoms with van der Waals surface area (Å²) in [5.74, 6) is 0.0578. The second kappa shape index (κ2) is 11.4. The van der Waals surface area contributed by atoms with Crippen molar-refractivity contribution in [2.45, 2.75) is 70.3 Å². The van der Waals surface area contributed by atoms with Crippen molar-refractivity contribution in [3.05, 3.63) is 58.3 Å². The lowest BCUT2D eigenvalue weighted by atomic mass is 9.93. The van der Waals surface area contributed by atoms with Crippen LogP contribution >= 0.6 is 0 Å². The van der Waals surface area contributed by atoms with E-state index in [0.29, 0.717) is 0 Å². The van der Waals surface area contributed by atoms with Gasteiger partial charge in [0.1, 0.15) is 5.82 Å². The minimum absolute atomic E-state index is 0.0102. The number of carbonyl (C=O) groups is 2. The third kappa shape index (κ3) is 5.89. The van der Waals surface area contributed by atoms with E-state index >= 15 is 0 Å². The van der Waals surface area contributed by atoms with Crippen molar-refractivity contribution in [2.75, 3.05) is 31.5 Å². The molecule has 3 N–H and O–H groups in total. The van der Waals surface area contributed by atoms with Gasteiger partial charge in [-0.25, -0.2) is 4.98 Å². The van der Waals surface area contributed by atoms with Gasteiger partial charge in [-0.15, -0.1) is 0 Å². The molecule has 192 valence electrons. The molecule has 7 nitrogen and oxygen atoms in total. The summed E-state index contributed by atoms with van der Waals surface area (Å²) in [6, 6.07) is 10.0. The third-order valence-electron chi connectivity index (χ3n) is 7.99. The van der Waals surface area contributed by atoms with Gasteiger partial charge in [-0.1, -0.05) is 24.3 Å². The molecule has 0 bridgehead atoms. The summed E-state index contributed by atoms with van der Waals surface area (Å²) in [4.78, 5) is 32.1. The Morgan fingerprint density at radius 1 is 1.11 bits per heavy atom. The molecule has 36 heavy (non-hydrogen) atoms. The number of nitrogens with zero attached hydrogens (tertiary/aromatic N) is 2. The van der Waals surface area contributed by atoms with Crippen LogP contribution in [-0.4, -0.2) is 53.0 Å². The summed E-state index contributed by atoms with van der Waals surface area (Å²) in [7, 11) is 0. The number of hydrogen-bond donors (Lipinski definition) is 3. The van der Waals surface area contributed by atoms with Crippen molar-refractivity contribution in [1.82, 2.24) is 15.2 Å². The standard InChI is InChI=1S/C29H38N4O3/c34-27(35)18-26(25-12-2-7-20-6-1-11-24(20)25)32-29(36)22-9-4-16-33(19-22)17-5-10-23-14-13-21-8-3-15-30-28(21)31-23/h2,7,12-14,22,26H,1,3-6,8-11,15-19H2,(H,30,31)(H,32,36)(H,34,35)/t22-,26?/m1/s1. The van der Waals surface area contributed by atoms with E-state index in [1.54, 1.807) is 0 Å². The Kier molecular flexibility index (Phi) is 7.85. The van der Waals surface area contributed by atoms with Gasteiger partial charge in [0.25, 0.3) is 0 Å². The molecule has 1 unspecified atom stereocenters. The second-order valence-corrected chi connectivity index (χ2v) is 10.6. The van der Waals surface area contributed by atoms with Crippen LogP contribution in [0, 0.1) is 5.92 Å². The molecule has 0 saturated carbocycles. The van der Waals surface area contributed by atoms with Crippen LogP contribution < -0.4 is 10.6 Å². The highest BCUT2D eigenvalue weighted by Gasteiger charge is 2.30. The molecular formula is C29H38N4O3. The fourth-order valence-corrected chi connectivity index (χ4v) is 6.14. The lowest BCUT2D eigenvalue weighted by Gasteiger charge is -2.33. The smallest absolute Gasteiger partial charge is 0.305 e. The SMILES string of the molecule is O=C(O)CC(NC(=O)[C@@H]1CCCN(CCCc2ccc3c(n2)NCCC3)C1)c1cccc2c1CCC2. The fourth-order valence-electron chi connectivity index (χ4n) is 6.14. The van der Waals surface area contributed by atoms with Gasteiger partial charge in [0.05, 0.1) is 18.4 Å². The molecule has 1 amide bonds. The van der Waals surface area contributed by atoms with Gasteiger partial charge in [0, 0.05) is 18.8 Å². The number of rotatable bonds is 9. The Labute approximate surface area is 213 Å². The molecule has 2 atom stereocenters. The van der Waals surface area contributed by atoms with E-state index < -0.39 is 12.0 Å². The quantitative estimate of drug-likeness (QED) is 0.494. The van der Waals surface area contributed by atoms with Crippen LogP contribution in [0.5, 0.6) is 0 Å². The number of carboxylic acid groups (broad SMARTS) is 1. The topological polar surface area (TPSA) is 94.6 Å². The Morgan fingerprint density at radius 3 is 2.89 bits per heavy atom. The Morgan fingerprint density at radius 2 is 2.00 bits per heavy atom. The summed E-state index contributed by atoms with van der Waals surface area (Å²) in [6.45, 7) is 3.69. The maximum Gasteiger partial charge on any atom is 0.305 e. The molecule has 0 spiro atoms. The van der Waals surface area contributed by atoms with Gasteiger partial charge in [0.15, 0.2) is 0 Å². The molecule has 1 aromatic heterocycles. The Hall–Kier alpha value is -2.93. The van der Waals surface area contributed by atoms with Crippen LogP contribution in [0.3, 0.4) is 0 Å². The average Bonchev–Trinajstić information content (AvgIpc) is 3.37. The van der Waals surface area contributed by atoms with E-state index in [-0.39, 0.29) is 18.2 Å². The monoisotopic (exact) mass is 490 g/mol. The van der Waals surface area contributed by atoms with E-state index in [2.05, 4.69) is 33.7 Å². The molecule has 1 aliphatic carbocycles. The normalized spacial score (nSPS) is 20.2. The summed E-state index contributed by atoms with van der Waals surface area (Å²) >= 11 is 0. The lowest BCUT2D eigenvalue weighted by Crippen LogP contribution is -2.44. The number of pyridine rings is 1. The van der Waals surface area contributed by atoms with Crippen molar-refractivity contribution < 1.29 is 14.7 Å². The van der Waals surface area contributed by atoms with E-state index in [1.165, 1.54) is 23.1 Å². The number of aryl methyl sites for hydroxylation is 3. The van der Waals surface area contributed by atoms with Crippen molar-refractivity contribution in [3.63, 3.8) is 0 Å². The number of aromatic nitrogens is 1. The lowest BCUT2D eigenvalue weighted by molar-refractivity contribution is -0.138. The molecule has 7 heteroatoms. The molecule has 5 rings (SSSR count). The number of hydrogen-bond acceptors (Lipinski definition) is 5. The first-order chi connectivity index (χ1) is 17.6. The summed E-state index contributed by atoms with van der Waals surface area (Å²) in [6.07, 6.45) is 9.07. The van der Waals surface area contributed by atoms with E-state index in [4.69, 9.17) is 4.98 Å². The highest BCUT2D eigenvalue weighted by molar-refractivity contribution is 5.80. The number of carboxylic acids is 1. The number of benzene rings is 1. The first kappa shape index (κ1) is 24.8. The Balaban J connectivity index is 1.16. The van der Waals surface area contributed by atoms with Gasteiger partial charge >= 0.3 is 5.97 Å². The van der Waals surface area contributed by atoms with Crippen LogP contribution in [0.25, 0.3) is 0 Å². The van der Waals surface area contributed by atoms with Crippen LogP contribution in [0.1, 0.15) is 72.5 Å². The number of amides is 1. The van der Waals surface area contributed by atoms with Crippen molar-refractivity contribution in [3.8, 4) is 0 Å². The largest absolute Gasteiger partial charge is 0.481 e. The number of carbonyl (C=O) groups excluding carboxylic acids is 1. The molecule has 1 fully saturated rings. The molecule has 1 aromatic carbocycles. The van der Waals surface area contributed by atoms with Crippen molar-refractivity contribution in [2.24, 2.45) is 5.92 Å². The molecule has 1 saturated heterocycles.